The number of methoxy groups -OCH3 is 1. The molecule has 0 spiro atoms. The Morgan fingerprint density at radius 3 is 2.53 bits per heavy atom. The van der Waals surface area contributed by atoms with Crippen LogP contribution >= 0.6 is 11.6 Å². The van der Waals surface area contributed by atoms with Crippen molar-refractivity contribution in [2.45, 2.75) is 44.4 Å². The van der Waals surface area contributed by atoms with Gasteiger partial charge in [-0.15, -0.1) is 0 Å². The maximum Gasteiger partial charge on any atom is 0.304 e. The van der Waals surface area contributed by atoms with Crippen LogP contribution in [0.25, 0.3) is 0 Å². The summed E-state index contributed by atoms with van der Waals surface area (Å²) in [5.41, 5.74) is 1.69. The number of ether oxygens (including phenoxy) is 1. The number of hydrogen-bond donors (Lipinski definition) is 1. The summed E-state index contributed by atoms with van der Waals surface area (Å²) in [5.74, 6) is 0.292. The van der Waals surface area contributed by atoms with Gasteiger partial charge in [0, 0.05) is 16.0 Å². The molecule has 1 aromatic carbocycles. The molecule has 0 aromatic heterocycles. The van der Waals surface area contributed by atoms with Gasteiger partial charge in [-0.1, -0.05) is 25.4 Å². The lowest BCUT2D eigenvalue weighted by molar-refractivity contribution is -0.137. The summed E-state index contributed by atoms with van der Waals surface area (Å²) in [6, 6.07) is 3.84. The molecule has 0 atom stereocenters. The highest BCUT2D eigenvalue weighted by Crippen LogP contribution is 2.55. The third-order valence-corrected chi connectivity index (χ3v) is 4.18. The van der Waals surface area contributed by atoms with Gasteiger partial charge < -0.3 is 9.84 Å². The van der Waals surface area contributed by atoms with Gasteiger partial charge in [-0.05, 0) is 36.5 Å². The van der Waals surface area contributed by atoms with E-state index in [0.29, 0.717) is 10.9 Å². The maximum absolute atomic E-state index is 11.0. The van der Waals surface area contributed by atoms with Crippen LogP contribution < -0.4 is 4.74 Å². The van der Waals surface area contributed by atoms with Gasteiger partial charge in [0.1, 0.15) is 5.75 Å². The van der Waals surface area contributed by atoms with Gasteiger partial charge in [-0.25, -0.2) is 0 Å². The van der Waals surface area contributed by atoms with Gasteiger partial charge in [-0.2, -0.15) is 0 Å². The molecular weight excluding hydrogens is 264 g/mol. The molecule has 3 nitrogen and oxygen atoms in total. The molecule has 1 N–H and O–H groups in total. The van der Waals surface area contributed by atoms with Crippen molar-refractivity contribution in [2.24, 2.45) is 0 Å². The van der Waals surface area contributed by atoms with E-state index in [2.05, 4.69) is 13.8 Å². The first-order valence-corrected chi connectivity index (χ1v) is 6.87. The first-order chi connectivity index (χ1) is 8.89. The van der Waals surface area contributed by atoms with Crippen LogP contribution in [0.15, 0.2) is 12.1 Å². The largest absolute Gasteiger partial charge is 0.496 e. The summed E-state index contributed by atoms with van der Waals surface area (Å²) in [7, 11) is 1.62. The fourth-order valence-electron chi connectivity index (χ4n) is 2.58. The van der Waals surface area contributed by atoms with E-state index >= 15 is 0 Å². The molecule has 0 radical (unpaired) electrons. The summed E-state index contributed by atoms with van der Waals surface area (Å²) in [4.78, 5) is 11.0. The minimum atomic E-state index is -0.774. The second-order valence-corrected chi connectivity index (χ2v) is 5.99. The zero-order valence-electron chi connectivity index (χ0n) is 11.5. The molecule has 0 unspecified atom stereocenters. The Hall–Kier alpha value is -1.22. The number of carboxylic acids is 1. The molecule has 4 heteroatoms. The average molecular weight is 283 g/mol. The summed E-state index contributed by atoms with van der Waals surface area (Å²) >= 11 is 6.32. The van der Waals surface area contributed by atoms with E-state index in [-0.39, 0.29) is 11.8 Å². The number of hydrogen-bond acceptors (Lipinski definition) is 2. The molecule has 104 valence electrons. The SMILES string of the molecule is COc1cc(C(C)C)c(Cl)cc1C1(CC(=O)O)CC1. The minimum absolute atomic E-state index is 0.140. The Labute approximate surface area is 118 Å². The molecule has 0 aliphatic heterocycles. The monoisotopic (exact) mass is 282 g/mol. The van der Waals surface area contributed by atoms with Crippen LogP contribution in [0.4, 0.5) is 0 Å². The van der Waals surface area contributed by atoms with Crippen molar-refractivity contribution >= 4 is 17.6 Å². The van der Waals surface area contributed by atoms with Gasteiger partial charge >= 0.3 is 5.97 Å². The van der Waals surface area contributed by atoms with Crippen molar-refractivity contribution < 1.29 is 14.6 Å². The van der Waals surface area contributed by atoms with Crippen LogP contribution in [0, 0.1) is 0 Å². The molecule has 0 amide bonds. The fraction of sp³-hybridized carbons (Fsp3) is 0.533. The molecule has 2 rings (SSSR count). The maximum atomic E-state index is 11.0. The summed E-state index contributed by atoms with van der Waals surface area (Å²) in [6.07, 6.45) is 1.90. The minimum Gasteiger partial charge on any atom is -0.496 e. The quantitative estimate of drug-likeness (QED) is 0.888. The standard InChI is InChI=1S/C15H19ClO3/c1-9(2)10-6-13(19-3)11(7-12(10)16)15(4-5-15)8-14(17)18/h6-7,9H,4-5,8H2,1-3H3,(H,17,18). The van der Waals surface area contributed by atoms with Crippen LogP contribution in [0.5, 0.6) is 5.75 Å². The predicted molar refractivity (Wildman–Crippen MR) is 75.3 cm³/mol. The van der Waals surface area contributed by atoms with Crippen LogP contribution in [-0.4, -0.2) is 18.2 Å². The van der Waals surface area contributed by atoms with Gasteiger partial charge in [0.2, 0.25) is 0 Å². The molecular formula is C15H19ClO3. The van der Waals surface area contributed by atoms with E-state index in [4.69, 9.17) is 21.4 Å². The molecule has 0 saturated heterocycles. The summed E-state index contributed by atoms with van der Waals surface area (Å²) in [5, 5.41) is 9.75. The van der Waals surface area contributed by atoms with Crippen molar-refractivity contribution in [1.29, 1.82) is 0 Å². The third kappa shape index (κ3) is 2.71. The van der Waals surface area contributed by atoms with E-state index in [9.17, 15) is 4.79 Å². The Kier molecular flexibility index (Phi) is 3.77. The molecule has 0 heterocycles. The van der Waals surface area contributed by atoms with Crippen molar-refractivity contribution in [3.8, 4) is 5.75 Å². The Balaban J connectivity index is 2.46. The van der Waals surface area contributed by atoms with Gasteiger partial charge in [0.25, 0.3) is 0 Å². The predicted octanol–water partition coefficient (Wildman–Crippen LogP) is 3.98. The zero-order valence-corrected chi connectivity index (χ0v) is 12.3. The fourth-order valence-corrected chi connectivity index (χ4v) is 2.96. The normalized spacial score (nSPS) is 16.5. The van der Waals surface area contributed by atoms with E-state index in [1.54, 1.807) is 7.11 Å². The molecule has 1 saturated carbocycles. The van der Waals surface area contributed by atoms with Gasteiger partial charge in [0.05, 0.1) is 13.5 Å². The van der Waals surface area contributed by atoms with Crippen molar-refractivity contribution in [1.82, 2.24) is 0 Å². The van der Waals surface area contributed by atoms with Crippen molar-refractivity contribution in [3.05, 3.63) is 28.3 Å². The Morgan fingerprint density at radius 1 is 1.47 bits per heavy atom. The van der Waals surface area contributed by atoms with E-state index in [0.717, 1.165) is 29.7 Å². The molecule has 0 bridgehead atoms. The number of halogens is 1. The highest BCUT2D eigenvalue weighted by atomic mass is 35.5. The highest BCUT2D eigenvalue weighted by molar-refractivity contribution is 6.31. The number of aliphatic carboxylic acids is 1. The van der Waals surface area contributed by atoms with Crippen LogP contribution in [0.1, 0.15) is 50.2 Å². The van der Waals surface area contributed by atoms with Crippen LogP contribution in [0.2, 0.25) is 5.02 Å². The van der Waals surface area contributed by atoms with E-state index in [1.165, 1.54) is 0 Å². The Morgan fingerprint density at radius 2 is 2.11 bits per heavy atom. The first-order valence-electron chi connectivity index (χ1n) is 6.49. The molecule has 1 aromatic rings. The molecule has 1 fully saturated rings. The number of rotatable bonds is 5. The van der Waals surface area contributed by atoms with Crippen molar-refractivity contribution in [3.63, 3.8) is 0 Å². The first kappa shape index (κ1) is 14.2. The van der Waals surface area contributed by atoms with Crippen LogP contribution in [0.3, 0.4) is 0 Å². The number of benzene rings is 1. The second-order valence-electron chi connectivity index (χ2n) is 5.58. The topological polar surface area (TPSA) is 46.5 Å². The smallest absolute Gasteiger partial charge is 0.304 e. The third-order valence-electron chi connectivity index (χ3n) is 3.86. The number of carboxylic acid groups (broad SMARTS) is 1. The lowest BCUT2D eigenvalue weighted by atomic mass is 9.89. The molecule has 1 aliphatic carbocycles. The van der Waals surface area contributed by atoms with Crippen molar-refractivity contribution in [2.75, 3.05) is 7.11 Å². The summed E-state index contributed by atoms with van der Waals surface area (Å²) < 4.78 is 5.45. The van der Waals surface area contributed by atoms with E-state index in [1.807, 2.05) is 12.1 Å². The lowest BCUT2D eigenvalue weighted by Crippen LogP contribution is -2.14. The zero-order chi connectivity index (χ0) is 14.2. The molecule has 1 aliphatic rings. The number of carbonyl (C=O) groups is 1. The lowest BCUT2D eigenvalue weighted by Gasteiger charge is -2.20. The average Bonchev–Trinajstić information content (AvgIpc) is 3.08. The van der Waals surface area contributed by atoms with Gasteiger partial charge in [-0.3, -0.25) is 4.79 Å². The molecule has 19 heavy (non-hydrogen) atoms. The van der Waals surface area contributed by atoms with Gasteiger partial charge in [0.15, 0.2) is 0 Å². The summed E-state index contributed by atoms with van der Waals surface area (Å²) in [6.45, 7) is 4.15. The van der Waals surface area contributed by atoms with Crippen LogP contribution in [-0.2, 0) is 10.2 Å². The second kappa shape index (κ2) is 5.04. The Bertz CT molecular complexity index is 504. The van der Waals surface area contributed by atoms with E-state index < -0.39 is 5.97 Å². The highest BCUT2D eigenvalue weighted by Gasteiger charge is 2.48.